The second-order valence-corrected chi connectivity index (χ2v) is 9.75. The molecule has 4 rings (SSSR count). The molecule has 1 amide bonds. The lowest BCUT2D eigenvalue weighted by Gasteiger charge is -2.35. The Morgan fingerprint density at radius 3 is 2.41 bits per heavy atom. The van der Waals surface area contributed by atoms with Crippen molar-refractivity contribution >= 4 is 22.8 Å². The highest BCUT2D eigenvalue weighted by Crippen LogP contribution is 2.35. The van der Waals surface area contributed by atoms with E-state index in [1.165, 1.54) is 0 Å². The van der Waals surface area contributed by atoms with Gasteiger partial charge in [-0.2, -0.15) is 0 Å². The summed E-state index contributed by atoms with van der Waals surface area (Å²) in [4.78, 5) is 44.7. The minimum absolute atomic E-state index is 0.0545. The molecule has 2 aromatic carbocycles. The molecule has 1 heterocycles. The molecule has 1 saturated carbocycles. The highest BCUT2D eigenvalue weighted by atomic mass is 16.5. The number of carbonyl (C=O) groups is 2. The number of nitrogens with zero attached hydrogens (tertiary/aromatic N) is 3. The van der Waals surface area contributed by atoms with Gasteiger partial charge in [0, 0.05) is 24.5 Å². The topological polar surface area (TPSA) is 81.5 Å². The molecule has 0 saturated heterocycles. The van der Waals surface area contributed by atoms with E-state index >= 15 is 0 Å². The van der Waals surface area contributed by atoms with Crippen molar-refractivity contribution in [1.29, 1.82) is 0 Å². The van der Waals surface area contributed by atoms with Crippen LogP contribution in [0.4, 0.5) is 0 Å². The molecule has 0 N–H and O–H groups in total. The maximum atomic E-state index is 13.0. The van der Waals surface area contributed by atoms with Crippen LogP contribution >= 0.6 is 0 Å². The van der Waals surface area contributed by atoms with E-state index in [1.54, 1.807) is 15.5 Å². The summed E-state index contributed by atoms with van der Waals surface area (Å²) < 4.78 is 7.05. The van der Waals surface area contributed by atoms with Gasteiger partial charge in [0.25, 0.3) is 11.5 Å². The number of ether oxygens (including phenoxy) is 1. The highest BCUT2D eigenvalue weighted by Gasteiger charge is 2.29. The zero-order chi connectivity index (χ0) is 24.3. The van der Waals surface area contributed by atoms with Crippen molar-refractivity contribution < 1.29 is 14.3 Å². The van der Waals surface area contributed by atoms with Gasteiger partial charge in [-0.15, -0.1) is 0 Å². The number of aromatic nitrogens is 2. The van der Waals surface area contributed by atoms with E-state index in [0.717, 1.165) is 18.4 Å². The number of hydrogen-bond acceptors (Lipinski definition) is 5. The quantitative estimate of drug-likeness (QED) is 0.473. The van der Waals surface area contributed by atoms with Crippen LogP contribution in [0.5, 0.6) is 0 Å². The fourth-order valence-corrected chi connectivity index (χ4v) is 4.05. The first-order chi connectivity index (χ1) is 16.2. The van der Waals surface area contributed by atoms with Gasteiger partial charge in [0.1, 0.15) is 5.82 Å². The van der Waals surface area contributed by atoms with Crippen LogP contribution in [0.15, 0.2) is 59.4 Å². The maximum Gasteiger partial charge on any atom is 0.306 e. The van der Waals surface area contributed by atoms with E-state index in [-0.39, 0.29) is 37.0 Å². The van der Waals surface area contributed by atoms with Gasteiger partial charge < -0.3 is 9.64 Å². The van der Waals surface area contributed by atoms with Crippen LogP contribution in [-0.4, -0.2) is 38.5 Å². The lowest BCUT2D eigenvalue weighted by molar-refractivity contribution is -0.154. The number of esters is 1. The Morgan fingerprint density at radius 2 is 1.74 bits per heavy atom. The van der Waals surface area contributed by atoms with Gasteiger partial charge in [-0.05, 0) is 51.3 Å². The van der Waals surface area contributed by atoms with E-state index in [9.17, 15) is 14.4 Å². The first-order valence-corrected chi connectivity index (χ1v) is 11.7. The number of benzene rings is 2. The molecule has 0 bridgehead atoms. The van der Waals surface area contributed by atoms with Crippen molar-refractivity contribution in [2.24, 2.45) is 0 Å². The van der Waals surface area contributed by atoms with Gasteiger partial charge >= 0.3 is 5.97 Å². The van der Waals surface area contributed by atoms with Gasteiger partial charge in [-0.1, -0.05) is 42.5 Å². The van der Waals surface area contributed by atoms with Crippen LogP contribution in [0, 0.1) is 0 Å². The molecule has 178 valence electrons. The Balaban J connectivity index is 1.39. The number of aryl methyl sites for hydroxylation is 1. The molecular formula is C27H31N3O4. The van der Waals surface area contributed by atoms with Gasteiger partial charge in [-0.3, -0.25) is 19.0 Å². The van der Waals surface area contributed by atoms with E-state index in [2.05, 4.69) is 4.98 Å². The lowest BCUT2D eigenvalue weighted by atomic mass is 10.0. The molecule has 34 heavy (non-hydrogen) atoms. The Labute approximate surface area is 199 Å². The summed E-state index contributed by atoms with van der Waals surface area (Å²) in [6.45, 7) is 5.99. The second kappa shape index (κ2) is 9.79. The van der Waals surface area contributed by atoms with Crippen LogP contribution in [0.25, 0.3) is 10.9 Å². The summed E-state index contributed by atoms with van der Waals surface area (Å²) in [5.41, 5.74) is 1.16. The number of carbonyl (C=O) groups excluding carboxylic acids is 2. The monoisotopic (exact) mass is 461 g/mol. The number of fused-ring (bicyclic) bond motifs is 1. The molecule has 1 aliphatic carbocycles. The minimum Gasteiger partial charge on any atom is -0.456 e. The molecule has 1 fully saturated rings. The van der Waals surface area contributed by atoms with Gasteiger partial charge in [0.05, 0.1) is 17.3 Å². The molecule has 0 atom stereocenters. The average Bonchev–Trinajstić information content (AvgIpc) is 3.65. The van der Waals surface area contributed by atoms with Crippen LogP contribution in [0.3, 0.4) is 0 Å². The summed E-state index contributed by atoms with van der Waals surface area (Å²) in [5, 5.41) is 0.590. The second-order valence-electron chi connectivity index (χ2n) is 9.75. The Morgan fingerprint density at radius 1 is 1.06 bits per heavy atom. The molecule has 1 aliphatic rings. The first-order valence-electron chi connectivity index (χ1n) is 11.7. The Hall–Kier alpha value is -3.48. The minimum atomic E-state index is -0.480. The molecule has 1 aromatic heterocycles. The predicted molar refractivity (Wildman–Crippen MR) is 130 cm³/mol. The largest absolute Gasteiger partial charge is 0.456 e. The highest BCUT2D eigenvalue weighted by molar-refractivity contribution is 5.81. The average molecular weight is 462 g/mol. The van der Waals surface area contributed by atoms with Crippen molar-refractivity contribution in [3.63, 3.8) is 0 Å². The maximum absolute atomic E-state index is 13.0. The van der Waals surface area contributed by atoms with E-state index in [0.29, 0.717) is 23.3 Å². The smallest absolute Gasteiger partial charge is 0.306 e. The summed E-state index contributed by atoms with van der Waals surface area (Å²) in [6, 6.07) is 17.1. The zero-order valence-corrected chi connectivity index (χ0v) is 20.0. The molecule has 0 spiro atoms. The third-order valence-electron chi connectivity index (χ3n) is 6.00. The lowest BCUT2D eigenvalue weighted by Crippen LogP contribution is -2.46. The number of amides is 1. The molecule has 7 heteroatoms. The van der Waals surface area contributed by atoms with Crippen LogP contribution in [0.2, 0.25) is 0 Å². The third kappa shape index (κ3) is 5.53. The molecule has 0 radical (unpaired) electrons. The fraction of sp³-hybridized carbons (Fsp3) is 0.407. The van der Waals surface area contributed by atoms with Crippen molar-refractivity contribution in [3.05, 3.63) is 76.3 Å². The number of hydrogen-bond donors (Lipinski definition) is 0. The standard InChI is InChI=1S/C27H31N3O4/c1-27(2,3)29(17-19-9-5-4-6-10-19)24(31)18-34-25(32)16-15-23-28-22-12-8-7-11-21(22)26(33)30(23)20-13-14-20/h4-12,20H,13-18H2,1-3H3. The van der Waals surface area contributed by atoms with Crippen LogP contribution in [0.1, 0.15) is 57.5 Å². The van der Waals surface area contributed by atoms with Gasteiger partial charge in [0.2, 0.25) is 0 Å². The summed E-state index contributed by atoms with van der Waals surface area (Å²) in [5.74, 6) is -0.134. The molecule has 0 aliphatic heterocycles. The van der Waals surface area contributed by atoms with Crippen LogP contribution < -0.4 is 5.56 Å². The first kappa shape index (κ1) is 23.7. The molecule has 7 nitrogen and oxygen atoms in total. The van der Waals surface area contributed by atoms with E-state index in [4.69, 9.17) is 4.74 Å². The SMILES string of the molecule is CC(C)(C)N(Cc1ccccc1)C(=O)COC(=O)CCc1nc2ccccc2c(=O)n1C1CC1. The third-order valence-corrected chi connectivity index (χ3v) is 6.00. The van der Waals surface area contributed by atoms with Crippen LogP contribution in [-0.2, 0) is 27.3 Å². The Bertz CT molecular complexity index is 1240. The Kier molecular flexibility index (Phi) is 6.82. The van der Waals surface area contributed by atoms with Crippen molar-refractivity contribution in [1.82, 2.24) is 14.5 Å². The normalized spacial score (nSPS) is 13.6. The number of rotatable bonds is 8. The van der Waals surface area contributed by atoms with E-state index in [1.807, 2.05) is 69.3 Å². The molecule has 3 aromatic rings. The van der Waals surface area contributed by atoms with Crippen molar-refractivity contribution in [3.8, 4) is 0 Å². The summed E-state index contributed by atoms with van der Waals surface area (Å²) in [7, 11) is 0. The van der Waals surface area contributed by atoms with Gasteiger partial charge in [0.15, 0.2) is 6.61 Å². The van der Waals surface area contributed by atoms with Crippen molar-refractivity contribution in [2.45, 2.75) is 64.6 Å². The van der Waals surface area contributed by atoms with E-state index < -0.39 is 11.5 Å². The zero-order valence-electron chi connectivity index (χ0n) is 20.0. The van der Waals surface area contributed by atoms with Gasteiger partial charge in [-0.25, -0.2) is 4.98 Å². The summed E-state index contributed by atoms with van der Waals surface area (Å²) >= 11 is 0. The fourth-order valence-electron chi connectivity index (χ4n) is 4.05. The molecular weight excluding hydrogens is 430 g/mol. The molecule has 0 unspecified atom stereocenters. The summed E-state index contributed by atoms with van der Waals surface area (Å²) in [6.07, 6.45) is 2.22. The van der Waals surface area contributed by atoms with Crippen molar-refractivity contribution in [2.75, 3.05) is 6.61 Å². The number of para-hydroxylation sites is 1. The predicted octanol–water partition coefficient (Wildman–Crippen LogP) is 4.03.